The van der Waals surface area contributed by atoms with Gasteiger partial charge in [-0.25, -0.2) is 4.79 Å². The summed E-state index contributed by atoms with van der Waals surface area (Å²) in [7, 11) is 1.65. The van der Waals surface area contributed by atoms with E-state index in [4.69, 9.17) is 33.2 Å². The minimum atomic E-state index is -1.11. The van der Waals surface area contributed by atoms with Crippen LogP contribution in [0.2, 0.25) is 0 Å². The molecule has 62 heavy (non-hydrogen) atoms. The first kappa shape index (κ1) is 43.8. The summed E-state index contributed by atoms with van der Waals surface area (Å²) in [6.07, 6.45) is -4.52. The van der Waals surface area contributed by atoms with E-state index in [1.165, 1.54) is 0 Å². The number of hydrogen-bond acceptors (Lipinski definition) is 8. The quantitative estimate of drug-likeness (QED) is 0.102. The number of carbonyl (C=O) groups excluding carboxylic acids is 1. The number of methoxy groups -OCH3 is 1. The molecule has 1 saturated heterocycles. The molecule has 6 aromatic carbocycles. The van der Waals surface area contributed by atoms with Gasteiger partial charge in [0.1, 0.15) is 46.4 Å². The van der Waals surface area contributed by atoms with Gasteiger partial charge in [0.05, 0.1) is 20.3 Å². The van der Waals surface area contributed by atoms with Crippen LogP contribution >= 0.6 is 0 Å². The molecular weight excluding hydrogens is 779 g/mol. The van der Waals surface area contributed by atoms with E-state index < -0.39 is 47.8 Å². The summed E-state index contributed by atoms with van der Waals surface area (Å²) in [6, 6.07) is 51.9. The van der Waals surface area contributed by atoms with Gasteiger partial charge in [-0.2, -0.15) is 0 Å². The van der Waals surface area contributed by atoms with Crippen LogP contribution < -0.4 is 24.3 Å². The van der Waals surface area contributed by atoms with Crippen molar-refractivity contribution in [2.24, 2.45) is 0 Å². The average molecular weight is 836 g/mol. The van der Waals surface area contributed by atoms with Gasteiger partial charge in [0.25, 0.3) is 0 Å². The number of amides is 1. The fourth-order valence-electron chi connectivity index (χ4n) is 7.66. The summed E-state index contributed by atoms with van der Waals surface area (Å²) in [4.78, 5) is 13.3. The minimum Gasteiger partial charge on any atom is -0.497 e. The topological polar surface area (TPSA) is 93.7 Å². The zero-order valence-corrected chi connectivity index (χ0v) is 36.6. The molecule has 6 aromatic rings. The lowest BCUT2D eigenvalue weighted by Gasteiger charge is -2.47. The van der Waals surface area contributed by atoms with Crippen LogP contribution in [0.25, 0.3) is 0 Å². The van der Waals surface area contributed by atoms with Crippen LogP contribution in [-0.4, -0.2) is 62.5 Å². The first-order chi connectivity index (χ1) is 29.9. The first-order valence-corrected chi connectivity index (χ1v) is 21.1. The summed E-state index contributed by atoms with van der Waals surface area (Å²) in [5.74, 6) is 2.58. The third-order valence-corrected chi connectivity index (χ3v) is 10.8. The minimum absolute atomic E-state index is 0.0281. The molecule has 0 bridgehead atoms. The van der Waals surface area contributed by atoms with E-state index >= 15 is 0 Å². The molecular formula is C53H57NO8. The van der Waals surface area contributed by atoms with Crippen molar-refractivity contribution >= 4 is 6.09 Å². The van der Waals surface area contributed by atoms with Crippen LogP contribution in [0.15, 0.2) is 158 Å². The van der Waals surface area contributed by atoms with Crippen molar-refractivity contribution in [2.75, 3.05) is 20.3 Å². The van der Waals surface area contributed by atoms with Crippen LogP contribution in [0, 0.1) is 20.8 Å². The van der Waals surface area contributed by atoms with Gasteiger partial charge in [-0.1, -0.05) is 126 Å². The average Bonchev–Trinajstić information content (AvgIpc) is 3.27. The number of ether oxygens (including phenoxy) is 7. The summed E-state index contributed by atoms with van der Waals surface area (Å²) >= 11 is 0. The summed E-state index contributed by atoms with van der Waals surface area (Å²) in [6.45, 7) is 11.6. The van der Waals surface area contributed by atoms with Crippen molar-refractivity contribution in [1.82, 2.24) is 5.32 Å². The van der Waals surface area contributed by atoms with Gasteiger partial charge >= 0.3 is 6.09 Å². The highest BCUT2D eigenvalue weighted by Crippen LogP contribution is 2.42. The monoisotopic (exact) mass is 835 g/mol. The molecule has 0 aromatic heterocycles. The molecule has 1 fully saturated rings. The van der Waals surface area contributed by atoms with Crippen molar-refractivity contribution in [3.63, 3.8) is 0 Å². The Morgan fingerprint density at radius 3 is 1.37 bits per heavy atom. The Hall–Kier alpha value is -6.29. The van der Waals surface area contributed by atoms with E-state index in [-0.39, 0.29) is 13.2 Å². The highest BCUT2D eigenvalue weighted by atomic mass is 16.6. The molecule has 9 heteroatoms. The van der Waals surface area contributed by atoms with Gasteiger partial charge in [-0.05, 0) is 107 Å². The molecule has 1 aliphatic rings. The van der Waals surface area contributed by atoms with Gasteiger partial charge in [-0.15, -0.1) is 0 Å². The standard InChI is InChI=1S/C53H57NO8/c1-36-18-26-43(27-19-36)58-48-46(34-54-51(55)62-52(4,5)6)61-47(49(59-44-28-20-37(2)21-29-44)50(48)60-45-30-22-38(3)23-31-45)35-57-53(39-14-10-8-11-15-39,40-16-12-9-13-17-40)41-24-32-42(56-7)33-25-41/h8-33,46-50H,34-35H2,1-7H3,(H,54,55)/t46-,47+,48-,49-,50+/m0/s1. The number of alkyl carbamates (subject to hydrolysis) is 1. The molecule has 1 amide bonds. The zero-order chi connectivity index (χ0) is 43.7. The second kappa shape index (κ2) is 19.6. The molecule has 1 N–H and O–H groups in total. The molecule has 0 aliphatic carbocycles. The third-order valence-electron chi connectivity index (χ3n) is 10.8. The Morgan fingerprint density at radius 2 is 0.935 bits per heavy atom. The molecule has 0 spiro atoms. The SMILES string of the molecule is COc1ccc(C(OC[C@H]2O[C@@H](CNC(=O)OC(C)(C)C)[C@H](Oc3ccc(C)cc3)[C@@H](Oc3ccc(C)cc3)[C@H]2Oc2ccc(C)cc2)(c2ccccc2)c2ccccc2)cc1. The van der Waals surface area contributed by atoms with Gasteiger partial charge < -0.3 is 38.5 Å². The van der Waals surface area contributed by atoms with Crippen molar-refractivity contribution in [1.29, 1.82) is 0 Å². The molecule has 7 rings (SSSR count). The smallest absolute Gasteiger partial charge is 0.407 e. The number of rotatable bonds is 15. The van der Waals surface area contributed by atoms with Crippen LogP contribution in [0.4, 0.5) is 4.79 Å². The lowest BCUT2D eigenvalue weighted by Crippen LogP contribution is -2.66. The van der Waals surface area contributed by atoms with Crippen LogP contribution in [-0.2, 0) is 19.8 Å². The van der Waals surface area contributed by atoms with Crippen molar-refractivity contribution < 1.29 is 38.0 Å². The molecule has 5 atom stereocenters. The summed E-state index contributed by atoms with van der Waals surface area (Å²) in [5, 5.41) is 2.96. The van der Waals surface area contributed by atoms with Crippen molar-refractivity contribution in [2.45, 2.75) is 83.3 Å². The van der Waals surface area contributed by atoms with Gasteiger partial charge in [0.2, 0.25) is 0 Å². The van der Waals surface area contributed by atoms with Crippen LogP contribution in [0.1, 0.15) is 54.2 Å². The van der Waals surface area contributed by atoms with Gasteiger partial charge in [0, 0.05) is 0 Å². The maximum atomic E-state index is 13.3. The predicted molar refractivity (Wildman–Crippen MR) is 241 cm³/mol. The van der Waals surface area contributed by atoms with E-state index in [2.05, 4.69) is 29.6 Å². The second-order valence-corrected chi connectivity index (χ2v) is 16.7. The predicted octanol–water partition coefficient (Wildman–Crippen LogP) is 10.6. The molecule has 0 saturated carbocycles. The highest BCUT2D eigenvalue weighted by Gasteiger charge is 2.52. The Labute approximate surface area is 365 Å². The Bertz CT molecular complexity index is 2270. The molecule has 0 radical (unpaired) electrons. The van der Waals surface area contributed by atoms with Gasteiger partial charge in [0.15, 0.2) is 18.3 Å². The fourth-order valence-corrected chi connectivity index (χ4v) is 7.66. The maximum absolute atomic E-state index is 13.3. The Balaban J connectivity index is 1.37. The molecule has 0 unspecified atom stereocenters. The van der Waals surface area contributed by atoms with Crippen LogP contribution in [0.5, 0.6) is 23.0 Å². The van der Waals surface area contributed by atoms with E-state index in [9.17, 15) is 4.79 Å². The number of aryl methyl sites for hydroxylation is 3. The summed E-state index contributed by atoms with van der Waals surface area (Å²) < 4.78 is 46.9. The number of nitrogens with one attached hydrogen (secondary N) is 1. The number of carbonyl (C=O) groups is 1. The van der Waals surface area contributed by atoms with Crippen molar-refractivity contribution in [3.05, 3.63) is 191 Å². The van der Waals surface area contributed by atoms with E-state index in [0.29, 0.717) is 17.2 Å². The highest BCUT2D eigenvalue weighted by molar-refractivity contribution is 5.67. The lowest BCUT2D eigenvalue weighted by atomic mass is 9.80. The van der Waals surface area contributed by atoms with E-state index in [1.807, 2.05) is 175 Å². The Kier molecular flexibility index (Phi) is 13.9. The third kappa shape index (κ3) is 10.8. The van der Waals surface area contributed by atoms with E-state index in [0.717, 1.165) is 39.1 Å². The fraction of sp³-hybridized carbons (Fsp3) is 0.302. The summed E-state index contributed by atoms with van der Waals surface area (Å²) in [5.41, 5.74) is 4.16. The van der Waals surface area contributed by atoms with Crippen molar-refractivity contribution in [3.8, 4) is 23.0 Å². The molecule has 9 nitrogen and oxygen atoms in total. The Morgan fingerprint density at radius 1 is 0.532 bits per heavy atom. The van der Waals surface area contributed by atoms with Gasteiger partial charge in [-0.3, -0.25) is 0 Å². The zero-order valence-electron chi connectivity index (χ0n) is 36.6. The van der Waals surface area contributed by atoms with Crippen LogP contribution in [0.3, 0.4) is 0 Å². The number of benzene rings is 6. The van der Waals surface area contributed by atoms with E-state index in [1.54, 1.807) is 7.11 Å². The number of hydrogen-bond donors (Lipinski definition) is 1. The first-order valence-electron chi connectivity index (χ1n) is 21.1. The maximum Gasteiger partial charge on any atom is 0.407 e. The molecule has 1 aliphatic heterocycles. The second-order valence-electron chi connectivity index (χ2n) is 16.7. The molecule has 1 heterocycles. The largest absolute Gasteiger partial charge is 0.497 e. The lowest BCUT2D eigenvalue weighted by molar-refractivity contribution is -0.218. The molecule has 322 valence electrons. The normalized spacial score (nSPS) is 18.9.